The summed E-state index contributed by atoms with van der Waals surface area (Å²) in [5, 5.41) is 5.18. The minimum Gasteiger partial charge on any atom is -0.237 e. The molecule has 0 spiro atoms. The summed E-state index contributed by atoms with van der Waals surface area (Å²) in [5.41, 5.74) is 3.46. The lowest BCUT2D eigenvalue weighted by atomic mass is 10.2. The van der Waals surface area contributed by atoms with E-state index < -0.39 is 0 Å². The van der Waals surface area contributed by atoms with Crippen LogP contribution in [0, 0.1) is 0 Å². The molecule has 1 fully saturated rings. The van der Waals surface area contributed by atoms with E-state index in [-0.39, 0.29) is 0 Å². The van der Waals surface area contributed by atoms with Crippen LogP contribution in [0.4, 0.5) is 0 Å². The summed E-state index contributed by atoms with van der Waals surface area (Å²) in [5.74, 6) is 1.15. The first-order valence-electron chi connectivity index (χ1n) is 5.68. The van der Waals surface area contributed by atoms with Crippen LogP contribution in [0.25, 0.3) is 5.69 Å². The fourth-order valence-electron chi connectivity index (χ4n) is 2.07. The number of hydrogen-bond donors (Lipinski definition) is 0. The van der Waals surface area contributed by atoms with E-state index in [0.29, 0.717) is 11.8 Å². The Kier molecular flexibility index (Phi) is 2.85. The van der Waals surface area contributed by atoms with Gasteiger partial charge in [-0.15, -0.1) is 11.6 Å². The highest BCUT2D eigenvalue weighted by atomic mass is 35.5. The van der Waals surface area contributed by atoms with Gasteiger partial charge in [-0.1, -0.05) is 11.6 Å². The maximum atomic E-state index is 5.96. The average Bonchev–Trinajstić information content (AvgIpc) is 3.10. The number of aromatic nitrogens is 2. The zero-order valence-electron chi connectivity index (χ0n) is 9.24. The molecule has 1 aromatic heterocycles. The van der Waals surface area contributed by atoms with Crippen molar-refractivity contribution in [2.75, 3.05) is 0 Å². The van der Waals surface area contributed by atoms with Gasteiger partial charge in [0, 0.05) is 16.5 Å². The molecule has 17 heavy (non-hydrogen) atoms. The van der Waals surface area contributed by atoms with Crippen LogP contribution in [-0.2, 0) is 5.88 Å². The SMILES string of the molecule is ClCc1cnn(-c2ccc(Cl)cc2)c1C1CC1. The summed E-state index contributed by atoms with van der Waals surface area (Å²) < 4.78 is 1.99. The van der Waals surface area contributed by atoms with Gasteiger partial charge in [0.05, 0.1) is 23.5 Å². The number of nitrogens with zero attached hydrogens (tertiary/aromatic N) is 2. The summed E-state index contributed by atoms with van der Waals surface area (Å²) >= 11 is 11.9. The lowest BCUT2D eigenvalue weighted by Gasteiger charge is -2.08. The number of hydrogen-bond acceptors (Lipinski definition) is 1. The van der Waals surface area contributed by atoms with E-state index in [9.17, 15) is 0 Å². The Balaban J connectivity index is 2.07. The normalized spacial score (nSPS) is 15.2. The number of rotatable bonds is 3. The molecule has 3 rings (SSSR count). The van der Waals surface area contributed by atoms with Crippen molar-refractivity contribution in [1.82, 2.24) is 9.78 Å². The van der Waals surface area contributed by atoms with E-state index in [2.05, 4.69) is 5.10 Å². The fraction of sp³-hybridized carbons (Fsp3) is 0.308. The molecule has 2 nitrogen and oxygen atoms in total. The number of alkyl halides is 1. The van der Waals surface area contributed by atoms with Crippen molar-refractivity contribution in [3.8, 4) is 5.69 Å². The second-order valence-corrected chi connectivity index (χ2v) is 5.05. The fourth-order valence-corrected chi connectivity index (χ4v) is 2.41. The zero-order valence-corrected chi connectivity index (χ0v) is 10.7. The van der Waals surface area contributed by atoms with E-state index >= 15 is 0 Å². The molecular formula is C13H12Cl2N2. The highest BCUT2D eigenvalue weighted by Crippen LogP contribution is 2.42. The van der Waals surface area contributed by atoms with Crippen molar-refractivity contribution in [1.29, 1.82) is 0 Å². The first kappa shape index (κ1) is 11.1. The Morgan fingerprint density at radius 1 is 1.24 bits per heavy atom. The molecule has 2 aromatic rings. The molecule has 1 heterocycles. The maximum Gasteiger partial charge on any atom is 0.0650 e. The van der Waals surface area contributed by atoms with E-state index in [1.165, 1.54) is 18.5 Å². The van der Waals surface area contributed by atoms with Crippen LogP contribution < -0.4 is 0 Å². The molecule has 0 aliphatic heterocycles. The van der Waals surface area contributed by atoms with Gasteiger partial charge in [0.1, 0.15) is 0 Å². The van der Waals surface area contributed by atoms with Crippen LogP contribution in [0.1, 0.15) is 30.0 Å². The second-order valence-electron chi connectivity index (χ2n) is 4.35. The van der Waals surface area contributed by atoms with Gasteiger partial charge in [-0.05, 0) is 37.1 Å². The minimum atomic E-state index is 0.527. The molecule has 1 aliphatic carbocycles. The van der Waals surface area contributed by atoms with Crippen molar-refractivity contribution < 1.29 is 0 Å². The maximum absolute atomic E-state index is 5.96. The molecule has 0 radical (unpaired) electrons. The predicted octanol–water partition coefficient (Wildman–Crippen LogP) is 4.14. The van der Waals surface area contributed by atoms with E-state index in [1.54, 1.807) is 0 Å². The first-order valence-corrected chi connectivity index (χ1v) is 6.59. The van der Waals surface area contributed by atoms with Crippen molar-refractivity contribution in [3.05, 3.63) is 46.7 Å². The van der Waals surface area contributed by atoms with Crippen LogP contribution >= 0.6 is 23.2 Å². The summed E-state index contributed by atoms with van der Waals surface area (Å²) in [6.07, 6.45) is 4.35. The molecule has 1 aromatic carbocycles. The van der Waals surface area contributed by atoms with Crippen LogP contribution in [0.2, 0.25) is 5.02 Å². The highest BCUT2D eigenvalue weighted by Gasteiger charge is 2.30. The zero-order chi connectivity index (χ0) is 11.8. The second kappa shape index (κ2) is 4.35. The Bertz CT molecular complexity index is 527. The Hall–Kier alpha value is -0.990. The number of benzene rings is 1. The van der Waals surface area contributed by atoms with Crippen LogP contribution in [0.5, 0.6) is 0 Å². The van der Waals surface area contributed by atoms with Crippen molar-refractivity contribution in [2.24, 2.45) is 0 Å². The molecule has 88 valence electrons. The van der Waals surface area contributed by atoms with E-state index in [1.807, 2.05) is 35.1 Å². The topological polar surface area (TPSA) is 17.8 Å². The van der Waals surface area contributed by atoms with Gasteiger partial charge in [-0.3, -0.25) is 0 Å². The average molecular weight is 267 g/mol. The first-order chi connectivity index (χ1) is 8.29. The lowest BCUT2D eigenvalue weighted by Crippen LogP contribution is -2.02. The molecule has 1 saturated carbocycles. The molecule has 1 aliphatic rings. The molecule has 0 saturated heterocycles. The van der Waals surface area contributed by atoms with Crippen molar-refractivity contribution in [3.63, 3.8) is 0 Å². The highest BCUT2D eigenvalue weighted by molar-refractivity contribution is 6.30. The standard InChI is InChI=1S/C13H12Cl2N2/c14-7-10-8-16-17(13(10)9-1-2-9)12-5-3-11(15)4-6-12/h3-6,8-9H,1-2,7H2. The third-order valence-electron chi connectivity index (χ3n) is 3.07. The Labute approximate surface area is 110 Å². The molecule has 0 unspecified atom stereocenters. The smallest absolute Gasteiger partial charge is 0.0650 e. The van der Waals surface area contributed by atoms with Gasteiger partial charge in [-0.25, -0.2) is 4.68 Å². The van der Waals surface area contributed by atoms with Crippen LogP contribution in [0.3, 0.4) is 0 Å². The van der Waals surface area contributed by atoms with Gasteiger partial charge in [0.2, 0.25) is 0 Å². The molecular weight excluding hydrogens is 255 g/mol. The number of halogens is 2. The monoisotopic (exact) mass is 266 g/mol. The molecule has 0 N–H and O–H groups in total. The molecule has 0 amide bonds. The quantitative estimate of drug-likeness (QED) is 0.764. The summed E-state index contributed by atoms with van der Waals surface area (Å²) in [4.78, 5) is 0. The van der Waals surface area contributed by atoms with Crippen molar-refractivity contribution >= 4 is 23.2 Å². The van der Waals surface area contributed by atoms with Gasteiger partial charge in [-0.2, -0.15) is 5.10 Å². The third kappa shape index (κ3) is 2.07. The van der Waals surface area contributed by atoms with Gasteiger partial charge < -0.3 is 0 Å². The minimum absolute atomic E-state index is 0.527. The predicted molar refractivity (Wildman–Crippen MR) is 70.1 cm³/mol. The van der Waals surface area contributed by atoms with Crippen LogP contribution in [0.15, 0.2) is 30.5 Å². The van der Waals surface area contributed by atoms with Crippen LogP contribution in [-0.4, -0.2) is 9.78 Å². The summed E-state index contributed by atoms with van der Waals surface area (Å²) in [6.45, 7) is 0. The van der Waals surface area contributed by atoms with Gasteiger partial charge in [0.25, 0.3) is 0 Å². The summed E-state index contributed by atoms with van der Waals surface area (Å²) in [7, 11) is 0. The molecule has 0 atom stereocenters. The van der Waals surface area contributed by atoms with E-state index in [0.717, 1.165) is 16.3 Å². The largest absolute Gasteiger partial charge is 0.237 e. The van der Waals surface area contributed by atoms with E-state index in [4.69, 9.17) is 23.2 Å². The van der Waals surface area contributed by atoms with Gasteiger partial charge in [0.15, 0.2) is 0 Å². The molecule has 4 heteroatoms. The third-order valence-corrected chi connectivity index (χ3v) is 3.61. The molecule has 0 bridgehead atoms. The van der Waals surface area contributed by atoms with Gasteiger partial charge >= 0.3 is 0 Å². The Morgan fingerprint density at radius 2 is 1.94 bits per heavy atom. The lowest BCUT2D eigenvalue weighted by molar-refractivity contribution is 0.805. The van der Waals surface area contributed by atoms with Crippen molar-refractivity contribution in [2.45, 2.75) is 24.6 Å². The summed E-state index contributed by atoms with van der Waals surface area (Å²) in [6, 6.07) is 7.74. The Morgan fingerprint density at radius 3 is 2.53 bits per heavy atom.